The molecule has 0 amide bonds. The van der Waals surface area contributed by atoms with Crippen molar-refractivity contribution in [3.05, 3.63) is 51.9 Å². The fourth-order valence-electron chi connectivity index (χ4n) is 2.72. The highest BCUT2D eigenvalue weighted by atomic mass is 16.5. The first kappa shape index (κ1) is 20.1. The van der Waals surface area contributed by atoms with Crippen LogP contribution in [0.4, 0.5) is 11.5 Å². The lowest BCUT2D eigenvalue weighted by atomic mass is 9.90. The molecule has 0 radical (unpaired) electrons. The minimum absolute atomic E-state index is 0.00625. The van der Waals surface area contributed by atoms with Gasteiger partial charge in [-0.15, -0.1) is 10.2 Å². The van der Waals surface area contributed by atoms with E-state index in [1.807, 2.05) is 52.8 Å². The molecule has 0 saturated carbocycles. The van der Waals surface area contributed by atoms with Gasteiger partial charge in [-0.2, -0.15) is 10.4 Å². The van der Waals surface area contributed by atoms with E-state index in [0.717, 1.165) is 0 Å². The molecule has 0 fully saturated rings. The highest BCUT2D eigenvalue weighted by molar-refractivity contribution is 5.53. The molecule has 9 nitrogen and oxygen atoms in total. The van der Waals surface area contributed by atoms with Crippen LogP contribution in [-0.4, -0.2) is 26.1 Å². The first-order valence-corrected chi connectivity index (χ1v) is 9.20. The van der Waals surface area contributed by atoms with Gasteiger partial charge in [0.1, 0.15) is 11.6 Å². The Labute approximate surface area is 168 Å². The van der Waals surface area contributed by atoms with E-state index in [9.17, 15) is 10.1 Å². The van der Waals surface area contributed by atoms with Gasteiger partial charge >= 0.3 is 5.56 Å². The van der Waals surface area contributed by atoms with Gasteiger partial charge in [0.15, 0.2) is 0 Å². The van der Waals surface area contributed by atoms with Gasteiger partial charge in [-0.05, 0) is 26.0 Å². The van der Waals surface area contributed by atoms with Gasteiger partial charge in [0.2, 0.25) is 17.4 Å². The third-order valence-electron chi connectivity index (χ3n) is 4.06. The summed E-state index contributed by atoms with van der Waals surface area (Å²) in [7, 11) is 0. The molecule has 0 saturated heterocycles. The van der Waals surface area contributed by atoms with E-state index in [-0.39, 0.29) is 28.9 Å². The molecule has 2 heterocycles. The number of nitrogens with one attached hydrogen (secondary N) is 2. The molecule has 1 aromatic carbocycles. The van der Waals surface area contributed by atoms with E-state index < -0.39 is 5.56 Å². The smallest absolute Gasteiger partial charge is 0.303 e. The second-order valence-corrected chi connectivity index (χ2v) is 7.79. The van der Waals surface area contributed by atoms with Crippen LogP contribution in [0.2, 0.25) is 0 Å². The van der Waals surface area contributed by atoms with Crippen molar-refractivity contribution >= 4 is 11.5 Å². The molecule has 3 aromatic rings. The van der Waals surface area contributed by atoms with Gasteiger partial charge in [-0.3, -0.25) is 15.0 Å². The summed E-state index contributed by atoms with van der Waals surface area (Å²) in [5, 5.41) is 27.5. The van der Waals surface area contributed by atoms with Crippen molar-refractivity contribution in [2.24, 2.45) is 10.2 Å². The minimum atomic E-state index is -0.416. The van der Waals surface area contributed by atoms with Gasteiger partial charge in [-0.25, -0.2) is 4.68 Å². The number of hydrogen-bond donors (Lipinski definition) is 2. The fraction of sp³-hybridized carbons (Fsp3) is 0.350. The molecule has 2 aromatic heterocycles. The second kappa shape index (κ2) is 7.75. The highest BCUT2D eigenvalue weighted by Crippen LogP contribution is 2.31. The molecule has 0 spiro atoms. The third-order valence-corrected chi connectivity index (χ3v) is 4.06. The van der Waals surface area contributed by atoms with E-state index in [1.54, 1.807) is 12.1 Å². The summed E-state index contributed by atoms with van der Waals surface area (Å²) in [6.45, 7) is 9.57. The zero-order valence-corrected chi connectivity index (χ0v) is 17.0. The maximum Gasteiger partial charge on any atom is 0.303 e. The second-order valence-electron chi connectivity index (χ2n) is 7.79. The normalized spacial score (nSPS) is 11.9. The molecule has 0 aliphatic carbocycles. The molecule has 0 aliphatic heterocycles. The molecule has 3 rings (SSSR count). The zero-order chi connectivity index (χ0) is 21.2. The minimum Gasteiger partial charge on any atom is -0.474 e. The molecule has 0 aliphatic rings. The van der Waals surface area contributed by atoms with Crippen LogP contribution in [0.1, 0.15) is 45.9 Å². The number of nitriles is 1. The van der Waals surface area contributed by atoms with E-state index in [4.69, 9.17) is 4.74 Å². The molecular formula is C20H23N7O2. The third kappa shape index (κ3) is 4.11. The fourth-order valence-corrected chi connectivity index (χ4v) is 2.72. The number of hydrogen-bond acceptors (Lipinski definition) is 6. The van der Waals surface area contributed by atoms with Gasteiger partial charge in [0.05, 0.1) is 17.5 Å². The number of rotatable bonds is 5. The number of ether oxygens (including phenoxy) is 1. The van der Waals surface area contributed by atoms with Crippen molar-refractivity contribution in [2.75, 3.05) is 0 Å². The number of H-pyrrole nitrogens is 2. The SMILES string of the molecule is CC(C)Oc1[nH]n(-c2ccccc2)c(=O)c1N=Nc1n[nH]c(C(C)(C)C)c1C#N. The Bertz CT molecular complexity index is 1120. The molecule has 0 atom stereocenters. The Kier molecular flexibility index (Phi) is 5.37. The lowest BCUT2D eigenvalue weighted by Gasteiger charge is -2.15. The highest BCUT2D eigenvalue weighted by Gasteiger charge is 2.24. The summed E-state index contributed by atoms with van der Waals surface area (Å²) in [6, 6.07) is 11.2. The van der Waals surface area contributed by atoms with Gasteiger partial charge in [0.25, 0.3) is 0 Å². The van der Waals surface area contributed by atoms with Crippen LogP contribution in [0, 0.1) is 11.3 Å². The van der Waals surface area contributed by atoms with Gasteiger partial charge in [-0.1, -0.05) is 39.0 Å². The molecule has 0 unspecified atom stereocenters. The number of para-hydroxylation sites is 1. The average molecular weight is 393 g/mol. The quantitative estimate of drug-likeness (QED) is 0.628. The predicted molar refractivity (Wildman–Crippen MR) is 108 cm³/mol. The maximum absolute atomic E-state index is 12.9. The monoisotopic (exact) mass is 393 g/mol. The van der Waals surface area contributed by atoms with E-state index in [2.05, 4.69) is 31.6 Å². The van der Waals surface area contributed by atoms with Crippen molar-refractivity contribution < 1.29 is 4.74 Å². The van der Waals surface area contributed by atoms with Crippen molar-refractivity contribution in [3.8, 4) is 17.6 Å². The summed E-state index contributed by atoms with van der Waals surface area (Å²) >= 11 is 0. The largest absolute Gasteiger partial charge is 0.474 e. The average Bonchev–Trinajstić information content (AvgIpc) is 3.21. The van der Waals surface area contributed by atoms with Crippen LogP contribution < -0.4 is 10.3 Å². The number of aromatic amines is 2. The number of nitrogens with zero attached hydrogens (tertiary/aromatic N) is 5. The predicted octanol–water partition coefficient (Wildman–Crippen LogP) is 4.26. The first-order valence-electron chi connectivity index (χ1n) is 9.20. The van der Waals surface area contributed by atoms with Crippen LogP contribution >= 0.6 is 0 Å². The summed E-state index contributed by atoms with van der Waals surface area (Å²) in [5.41, 5.74) is 0.869. The van der Waals surface area contributed by atoms with Crippen LogP contribution in [0.3, 0.4) is 0 Å². The van der Waals surface area contributed by atoms with Crippen LogP contribution in [-0.2, 0) is 5.41 Å². The Morgan fingerprint density at radius 1 is 1.21 bits per heavy atom. The maximum atomic E-state index is 12.9. The van der Waals surface area contributed by atoms with Crippen LogP contribution in [0.15, 0.2) is 45.4 Å². The van der Waals surface area contributed by atoms with Crippen molar-refractivity contribution in [2.45, 2.75) is 46.1 Å². The van der Waals surface area contributed by atoms with Gasteiger partial charge < -0.3 is 4.74 Å². The topological polar surface area (TPSA) is 124 Å². The standard InChI is InChI=1S/C20H23N7O2/c1-12(2)29-18-15(19(28)27(26-18)13-9-7-6-8-10-13)22-24-17-14(11-21)16(23-25-17)20(3,4)5/h6-10,12,26H,1-5H3,(H,23,25). The summed E-state index contributed by atoms with van der Waals surface area (Å²) in [5.74, 6) is 0.322. The van der Waals surface area contributed by atoms with E-state index in [1.165, 1.54) is 4.68 Å². The van der Waals surface area contributed by atoms with Crippen LogP contribution in [0.5, 0.6) is 5.88 Å². The number of aromatic nitrogens is 4. The molecule has 29 heavy (non-hydrogen) atoms. The number of benzene rings is 1. The summed E-state index contributed by atoms with van der Waals surface area (Å²) in [4.78, 5) is 12.9. The molecular weight excluding hydrogens is 370 g/mol. The van der Waals surface area contributed by atoms with Crippen LogP contribution in [0.25, 0.3) is 5.69 Å². The molecule has 0 bridgehead atoms. The lowest BCUT2D eigenvalue weighted by molar-refractivity contribution is 0.232. The Balaban J connectivity index is 2.07. The lowest BCUT2D eigenvalue weighted by Crippen LogP contribution is -2.13. The molecule has 150 valence electrons. The van der Waals surface area contributed by atoms with E-state index >= 15 is 0 Å². The summed E-state index contributed by atoms with van der Waals surface area (Å²) in [6.07, 6.45) is -0.182. The van der Waals surface area contributed by atoms with Gasteiger partial charge in [0, 0.05) is 5.41 Å². The van der Waals surface area contributed by atoms with Crippen molar-refractivity contribution in [3.63, 3.8) is 0 Å². The first-order chi connectivity index (χ1) is 13.7. The molecule has 9 heteroatoms. The van der Waals surface area contributed by atoms with Crippen molar-refractivity contribution in [1.82, 2.24) is 20.0 Å². The van der Waals surface area contributed by atoms with Crippen molar-refractivity contribution in [1.29, 1.82) is 5.26 Å². The Morgan fingerprint density at radius 3 is 2.48 bits per heavy atom. The summed E-state index contributed by atoms with van der Waals surface area (Å²) < 4.78 is 7.05. The Morgan fingerprint density at radius 2 is 1.90 bits per heavy atom. The van der Waals surface area contributed by atoms with E-state index in [0.29, 0.717) is 16.9 Å². The molecule has 2 N–H and O–H groups in total. The Hall–Kier alpha value is -3.67. The zero-order valence-electron chi connectivity index (χ0n) is 17.0. The number of azo groups is 1.